The van der Waals surface area contributed by atoms with Crippen molar-refractivity contribution in [3.8, 4) is 0 Å². The summed E-state index contributed by atoms with van der Waals surface area (Å²) in [6, 6.07) is 8.60. The molecule has 4 rings (SSSR count). The predicted octanol–water partition coefficient (Wildman–Crippen LogP) is 3.22. The van der Waals surface area contributed by atoms with Gasteiger partial charge in [0.1, 0.15) is 6.10 Å². The molecule has 0 aliphatic carbocycles. The number of hydrogen-bond acceptors (Lipinski definition) is 4. The number of rotatable bonds is 5. The molecule has 3 aromatic rings. The van der Waals surface area contributed by atoms with Gasteiger partial charge in [0.25, 0.3) is 0 Å². The van der Waals surface area contributed by atoms with Gasteiger partial charge in [-0.15, -0.1) is 11.3 Å². The number of ether oxygens (including phenoxy) is 1. The lowest BCUT2D eigenvalue weighted by Crippen LogP contribution is -2.48. The van der Waals surface area contributed by atoms with Crippen LogP contribution in [0.2, 0.25) is 0 Å². The Morgan fingerprint density at radius 1 is 1.39 bits per heavy atom. The number of nitrogens with zero attached hydrogens (tertiary/aromatic N) is 4. The van der Waals surface area contributed by atoms with Gasteiger partial charge in [-0.25, -0.2) is 0 Å². The number of benzene rings is 1. The molecule has 1 N–H and O–H groups in total. The van der Waals surface area contributed by atoms with Crippen molar-refractivity contribution in [2.45, 2.75) is 19.4 Å². The van der Waals surface area contributed by atoms with E-state index in [1.165, 1.54) is 15.6 Å². The summed E-state index contributed by atoms with van der Waals surface area (Å²) in [5, 5.41) is 11.3. The summed E-state index contributed by atoms with van der Waals surface area (Å²) in [7, 11) is 1.93. The van der Waals surface area contributed by atoms with Gasteiger partial charge in [0.05, 0.1) is 19.3 Å². The van der Waals surface area contributed by atoms with E-state index in [1.807, 2.05) is 35.5 Å². The van der Waals surface area contributed by atoms with Gasteiger partial charge in [-0.05, 0) is 35.7 Å². The van der Waals surface area contributed by atoms with Crippen molar-refractivity contribution in [3.63, 3.8) is 0 Å². The smallest absolute Gasteiger partial charge is 0.194 e. The van der Waals surface area contributed by atoms with E-state index in [4.69, 9.17) is 9.73 Å². The third-order valence-corrected chi connectivity index (χ3v) is 6.01. The molecule has 0 saturated carbocycles. The third kappa shape index (κ3) is 4.20. The molecule has 1 unspecified atom stereocenters. The van der Waals surface area contributed by atoms with Crippen molar-refractivity contribution in [1.29, 1.82) is 0 Å². The summed E-state index contributed by atoms with van der Waals surface area (Å²) in [4.78, 5) is 7.21. The first kappa shape index (κ1) is 19.0. The molecule has 28 heavy (non-hydrogen) atoms. The Morgan fingerprint density at radius 3 is 3.11 bits per heavy atom. The molecular weight excluding hydrogens is 370 g/mol. The number of morpholine rings is 1. The molecule has 1 atom stereocenters. The minimum atomic E-state index is 0.0344. The average molecular weight is 398 g/mol. The molecule has 0 spiro atoms. The van der Waals surface area contributed by atoms with Gasteiger partial charge in [-0.3, -0.25) is 9.67 Å². The zero-order chi connectivity index (χ0) is 19.3. The molecule has 0 radical (unpaired) electrons. The highest BCUT2D eigenvalue weighted by Gasteiger charge is 2.25. The summed E-state index contributed by atoms with van der Waals surface area (Å²) in [5.41, 5.74) is 2.50. The summed E-state index contributed by atoms with van der Waals surface area (Å²) >= 11 is 1.81. The molecular formula is C21H27N5OS. The lowest BCUT2D eigenvalue weighted by molar-refractivity contribution is -0.00803. The lowest BCUT2D eigenvalue weighted by atomic mass is 10.1. The summed E-state index contributed by atoms with van der Waals surface area (Å²) in [6.45, 7) is 6.08. The van der Waals surface area contributed by atoms with Gasteiger partial charge < -0.3 is 15.0 Å². The largest absolute Gasteiger partial charge is 0.370 e. The first-order valence-corrected chi connectivity index (χ1v) is 10.7. The van der Waals surface area contributed by atoms with Crippen LogP contribution >= 0.6 is 11.3 Å². The fourth-order valence-corrected chi connectivity index (χ4v) is 4.58. The predicted molar refractivity (Wildman–Crippen MR) is 115 cm³/mol. The Kier molecular flexibility index (Phi) is 5.92. The number of guanidine groups is 1. The molecule has 6 nitrogen and oxygen atoms in total. The molecule has 1 aliphatic heterocycles. The van der Waals surface area contributed by atoms with Crippen LogP contribution in [0, 0.1) is 0 Å². The van der Waals surface area contributed by atoms with Gasteiger partial charge in [0.2, 0.25) is 0 Å². The fourth-order valence-electron chi connectivity index (χ4n) is 3.58. The van der Waals surface area contributed by atoms with Crippen LogP contribution in [0.1, 0.15) is 24.2 Å². The van der Waals surface area contributed by atoms with Crippen molar-refractivity contribution >= 4 is 27.4 Å². The zero-order valence-electron chi connectivity index (χ0n) is 16.5. The van der Waals surface area contributed by atoms with Crippen LogP contribution in [0.15, 0.2) is 47.0 Å². The van der Waals surface area contributed by atoms with Gasteiger partial charge in [-0.1, -0.05) is 18.2 Å². The van der Waals surface area contributed by atoms with Gasteiger partial charge in [0.15, 0.2) is 5.96 Å². The SMILES string of the molecule is CCNC(=NCCc1csc2ccccc12)N1CCOC(c2cnn(C)c2)C1. The third-order valence-electron chi connectivity index (χ3n) is 5.00. The summed E-state index contributed by atoms with van der Waals surface area (Å²) in [6.07, 6.45) is 4.90. The summed E-state index contributed by atoms with van der Waals surface area (Å²) in [5.74, 6) is 0.972. The molecule has 1 saturated heterocycles. The Bertz CT molecular complexity index is 947. The highest BCUT2D eigenvalue weighted by Crippen LogP contribution is 2.26. The molecule has 0 amide bonds. The fraction of sp³-hybridized carbons (Fsp3) is 0.429. The second-order valence-corrected chi connectivity index (χ2v) is 7.91. The van der Waals surface area contributed by atoms with Crippen molar-refractivity contribution in [2.75, 3.05) is 32.8 Å². The van der Waals surface area contributed by atoms with Crippen molar-refractivity contribution in [1.82, 2.24) is 20.0 Å². The topological polar surface area (TPSA) is 54.7 Å². The van der Waals surface area contributed by atoms with Crippen LogP contribution < -0.4 is 5.32 Å². The van der Waals surface area contributed by atoms with E-state index in [0.717, 1.165) is 44.1 Å². The maximum atomic E-state index is 5.97. The molecule has 2 aromatic heterocycles. The number of nitrogens with one attached hydrogen (secondary N) is 1. The zero-order valence-corrected chi connectivity index (χ0v) is 17.3. The van der Waals surface area contributed by atoms with Gasteiger partial charge in [0, 0.05) is 43.1 Å². The second kappa shape index (κ2) is 8.75. The molecule has 148 valence electrons. The van der Waals surface area contributed by atoms with Crippen LogP contribution in [0.4, 0.5) is 0 Å². The lowest BCUT2D eigenvalue weighted by Gasteiger charge is -2.34. The summed E-state index contributed by atoms with van der Waals surface area (Å²) < 4.78 is 9.14. The van der Waals surface area contributed by atoms with Crippen LogP contribution in [0.3, 0.4) is 0 Å². The van der Waals surface area contributed by atoms with Crippen molar-refractivity contribution in [2.24, 2.45) is 12.0 Å². The normalized spacial score (nSPS) is 18.0. The van der Waals surface area contributed by atoms with Crippen LogP contribution in [0.5, 0.6) is 0 Å². The highest BCUT2D eigenvalue weighted by molar-refractivity contribution is 7.17. The Hall–Kier alpha value is -2.38. The standard InChI is InChI=1S/C21H27N5OS/c1-3-22-21(23-9-8-16-15-28-20-7-5-4-6-18(16)20)26-10-11-27-19(14-26)17-12-24-25(2)13-17/h4-7,12-13,15,19H,3,8-11,14H2,1-2H3,(H,22,23). The number of aromatic nitrogens is 2. The van der Waals surface area contributed by atoms with E-state index in [2.05, 4.69) is 51.9 Å². The van der Waals surface area contributed by atoms with Crippen molar-refractivity contribution in [3.05, 3.63) is 53.2 Å². The van der Waals surface area contributed by atoms with E-state index in [1.54, 1.807) is 0 Å². The van der Waals surface area contributed by atoms with E-state index < -0.39 is 0 Å². The monoisotopic (exact) mass is 397 g/mol. The van der Waals surface area contributed by atoms with E-state index >= 15 is 0 Å². The Labute approximate surface area is 169 Å². The van der Waals surface area contributed by atoms with Crippen LogP contribution in [-0.2, 0) is 18.2 Å². The number of thiophene rings is 1. The quantitative estimate of drug-likeness (QED) is 0.531. The van der Waals surface area contributed by atoms with Gasteiger partial charge in [-0.2, -0.15) is 5.10 Å². The number of hydrogen-bond donors (Lipinski definition) is 1. The van der Waals surface area contributed by atoms with Crippen molar-refractivity contribution < 1.29 is 4.74 Å². The Morgan fingerprint density at radius 2 is 2.29 bits per heavy atom. The molecule has 1 aromatic carbocycles. The van der Waals surface area contributed by atoms with Crippen LogP contribution in [0.25, 0.3) is 10.1 Å². The van der Waals surface area contributed by atoms with Crippen LogP contribution in [-0.4, -0.2) is 53.4 Å². The number of aliphatic imine (C=N–C) groups is 1. The minimum absolute atomic E-state index is 0.0344. The van der Waals surface area contributed by atoms with E-state index in [0.29, 0.717) is 6.61 Å². The maximum absolute atomic E-state index is 5.97. The van der Waals surface area contributed by atoms with E-state index in [9.17, 15) is 0 Å². The number of fused-ring (bicyclic) bond motifs is 1. The molecule has 1 fully saturated rings. The highest BCUT2D eigenvalue weighted by atomic mass is 32.1. The average Bonchev–Trinajstić information content (AvgIpc) is 3.34. The minimum Gasteiger partial charge on any atom is -0.370 e. The first-order valence-electron chi connectivity index (χ1n) is 9.83. The van der Waals surface area contributed by atoms with Gasteiger partial charge >= 0.3 is 0 Å². The number of aryl methyl sites for hydroxylation is 1. The maximum Gasteiger partial charge on any atom is 0.194 e. The molecule has 7 heteroatoms. The molecule has 0 bridgehead atoms. The molecule has 3 heterocycles. The van der Waals surface area contributed by atoms with E-state index in [-0.39, 0.29) is 6.10 Å². The second-order valence-electron chi connectivity index (χ2n) is 7.00. The molecule has 1 aliphatic rings. The Balaban J connectivity index is 1.43. The first-order chi connectivity index (χ1) is 13.7.